The van der Waals surface area contributed by atoms with E-state index in [0.29, 0.717) is 6.42 Å². The van der Waals surface area contributed by atoms with Crippen LogP contribution in [0.25, 0.3) is 0 Å². The van der Waals surface area contributed by atoms with Crippen LogP contribution < -0.4 is 10.1 Å². The first kappa shape index (κ1) is 17.1. The molecular weight excluding hydrogens is 286 g/mol. The molecule has 122 valence electrons. The third-order valence-electron chi connectivity index (χ3n) is 3.91. The number of anilines is 1. The van der Waals surface area contributed by atoms with Crippen LogP contribution in [0.15, 0.2) is 36.4 Å². The summed E-state index contributed by atoms with van der Waals surface area (Å²) in [6, 6.07) is 11.9. The molecule has 2 aromatic carbocycles. The van der Waals surface area contributed by atoms with Crippen LogP contribution in [0.4, 0.5) is 5.69 Å². The molecule has 0 aromatic heterocycles. The summed E-state index contributed by atoms with van der Waals surface area (Å²) in [5.74, 6) is 0.625. The Balaban J connectivity index is 2.10. The lowest BCUT2D eigenvalue weighted by Gasteiger charge is -2.18. The summed E-state index contributed by atoms with van der Waals surface area (Å²) < 4.78 is 5.90. The first-order valence-electron chi connectivity index (χ1n) is 8.02. The van der Waals surface area contributed by atoms with Crippen molar-refractivity contribution < 1.29 is 9.53 Å². The monoisotopic (exact) mass is 311 g/mol. The minimum Gasteiger partial charge on any atom is -0.481 e. The summed E-state index contributed by atoms with van der Waals surface area (Å²) in [5, 5.41) is 2.95. The van der Waals surface area contributed by atoms with Crippen LogP contribution in [0.5, 0.6) is 5.75 Å². The van der Waals surface area contributed by atoms with Crippen molar-refractivity contribution >= 4 is 11.6 Å². The Morgan fingerprint density at radius 1 is 1.00 bits per heavy atom. The Bertz CT molecular complexity index is 687. The van der Waals surface area contributed by atoms with Crippen LogP contribution in [-0.4, -0.2) is 12.0 Å². The normalized spacial score (nSPS) is 11.9. The van der Waals surface area contributed by atoms with E-state index < -0.39 is 6.10 Å². The molecule has 3 heteroatoms. The lowest BCUT2D eigenvalue weighted by Crippen LogP contribution is -2.32. The number of benzene rings is 2. The molecule has 0 aliphatic rings. The van der Waals surface area contributed by atoms with E-state index in [1.165, 1.54) is 5.56 Å². The molecule has 0 radical (unpaired) electrons. The fourth-order valence-electron chi connectivity index (χ4n) is 2.53. The first-order chi connectivity index (χ1) is 10.9. The number of rotatable bonds is 5. The highest BCUT2D eigenvalue weighted by Crippen LogP contribution is 2.20. The van der Waals surface area contributed by atoms with Gasteiger partial charge in [-0.15, -0.1) is 0 Å². The summed E-state index contributed by atoms with van der Waals surface area (Å²) in [4.78, 5) is 12.5. The largest absolute Gasteiger partial charge is 0.481 e. The van der Waals surface area contributed by atoms with Crippen molar-refractivity contribution in [3.05, 3.63) is 58.7 Å². The van der Waals surface area contributed by atoms with Gasteiger partial charge in [-0.1, -0.05) is 19.1 Å². The molecule has 23 heavy (non-hydrogen) atoms. The van der Waals surface area contributed by atoms with Gasteiger partial charge in [-0.3, -0.25) is 4.79 Å². The summed E-state index contributed by atoms with van der Waals surface area (Å²) in [7, 11) is 0. The summed E-state index contributed by atoms with van der Waals surface area (Å²) in [6.07, 6.45) is 0.113. The van der Waals surface area contributed by atoms with Crippen molar-refractivity contribution in [3.8, 4) is 5.75 Å². The van der Waals surface area contributed by atoms with Crippen molar-refractivity contribution in [2.45, 2.75) is 47.1 Å². The van der Waals surface area contributed by atoms with Gasteiger partial charge in [0.15, 0.2) is 6.10 Å². The van der Waals surface area contributed by atoms with E-state index >= 15 is 0 Å². The smallest absolute Gasteiger partial charge is 0.265 e. The van der Waals surface area contributed by atoms with Gasteiger partial charge in [0.05, 0.1) is 0 Å². The zero-order chi connectivity index (χ0) is 17.0. The fourth-order valence-corrected chi connectivity index (χ4v) is 2.53. The van der Waals surface area contributed by atoms with Crippen LogP contribution in [-0.2, 0) is 4.79 Å². The average molecular weight is 311 g/mol. The number of hydrogen-bond acceptors (Lipinski definition) is 2. The van der Waals surface area contributed by atoms with Crippen LogP contribution in [0.2, 0.25) is 0 Å². The summed E-state index contributed by atoms with van der Waals surface area (Å²) >= 11 is 0. The maximum Gasteiger partial charge on any atom is 0.265 e. The average Bonchev–Trinajstić information content (AvgIpc) is 2.47. The zero-order valence-electron chi connectivity index (χ0n) is 14.6. The van der Waals surface area contributed by atoms with Crippen LogP contribution in [0.1, 0.15) is 35.6 Å². The molecule has 1 amide bonds. The zero-order valence-corrected chi connectivity index (χ0v) is 14.6. The van der Waals surface area contributed by atoms with Crippen LogP contribution >= 0.6 is 0 Å². The Kier molecular flexibility index (Phi) is 5.43. The standard InChI is InChI=1S/C20H25NO2/c1-6-19(23-18-10-13(2)9-14(3)11-18)20(22)21-17-8-7-15(4)16(5)12-17/h7-12,19H,6H2,1-5H3,(H,21,22)/t19-/m0/s1. The number of carbonyl (C=O) groups excluding carboxylic acids is 1. The predicted octanol–water partition coefficient (Wildman–Crippen LogP) is 4.72. The Morgan fingerprint density at radius 3 is 2.22 bits per heavy atom. The highest BCUT2D eigenvalue weighted by molar-refractivity contribution is 5.94. The van der Waals surface area contributed by atoms with Gasteiger partial charge in [0.25, 0.3) is 5.91 Å². The van der Waals surface area contributed by atoms with Crippen molar-refractivity contribution in [1.29, 1.82) is 0 Å². The molecule has 3 nitrogen and oxygen atoms in total. The number of carbonyl (C=O) groups is 1. The number of nitrogens with one attached hydrogen (secondary N) is 1. The number of aryl methyl sites for hydroxylation is 4. The Morgan fingerprint density at radius 2 is 1.65 bits per heavy atom. The number of amides is 1. The molecule has 1 atom stereocenters. The molecule has 0 heterocycles. The van der Waals surface area contributed by atoms with E-state index in [4.69, 9.17) is 4.74 Å². The quantitative estimate of drug-likeness (QED) is 0.868. The van der Waals surface area contributed by atoms with Crippen molar-refractivity contribution in [2.75, 3.05) is 5.32 Å². The lowest BCUT2D eigenvalue weighted by atomic mass is 10.1. The molecule has 0 saturated carbocycles. The van der Waals surface area contributed by atoms with E-state index in [9.17, 15) is 4.79 Å². The molecule has 0 spiro atoms. The predicted molar refractivity (Wildman–Crippen MR) is 95.2 cm³/mol. The van der Waals surface area contributed by atoms with Crippen molar-refractivity contribution in [2.24, 2.45) is 0 Å². The third kappa shape index (κ3) is 4.59. The minimum atomic E-state index is -0.502. The summed E-state index contributed by atoms with van der Waals surface area (Å²) in [6.45, 7) is 10.1. The van der Waals surface area contributed by atoms with Gasteiger partial charge in [-0.05, 0) is 80.6 Å². The highest BCUT2D eigenvalue weighted by atomic mass is 16.5. The molecule has 0 unspecified atom stereocenters. The summed E-state index contributed by atoms with van der Waals surface area (Å²) in [5.41, 5.74) is 5.43. The molecule has 0 fully saturated rings. The van der Waals surface area contributed by atoms with Gasteiger partial charge < -0.3 is 10.1 Å². The van der Waals surface area contributed by atoms with E-state index in [1.807, 2.05) is 58.0 Å². The van der Waals surface area contributed by atoms with Crippen LogP contribution in [0.3, 0.4) is 0 Å². The van der Waals surface area contributed by atoms with E-state index in [-0.39, 0.29) is 5.91 Å². The maximum atomic E-state index is 12.5. The maximum absolute atomic E-state index is 12.5. The van der Waals surface area contributed by atoms with Gasteiger partial charge in [0.1, 0.15) is 5.75 Å². The second-order valence-corrected chi connectivity index (χ2v) is 6.13. The topological polar surface area (TPSA) is 38.3 Å². The van der Waals surface area contributed by atoms with Gasteiger partial charge in [-0.25, -0.2) is 0 Å². The van der Waals surface area contributed by atoms with Gasteiger partial charge in [0.2, 0.25) is 0 Å². The molecule has 0 bridgehead atoms. The molecular formula is C20H25NO2. The van der Waals surface area contributed by atoms with E-state index in [0.717, 1.165) is 28.1 Å². The highest BCUT2D eigenvalue weighted by Gasteiger charge is 2.19. The van der Waals surface area contributed by atoms with E-state index in [2.05, 4.69) is 18.3 Å². The fraction of sp³-hybridized carbons (Fsp3) is 0.350. The van der Waals surface area contributed by atoms with Gasteiger partial charge in [0, 0.05) is 5.69 Å². The molecule has 0 aliphatic carbocycles. The molecule has 0 aliphatic heterocycles. The lowest BCUT2D eigenvalue weighted by molar-refractivity contribution is -0.122. The number of hydrogen-bond donors (Lipinski definition) is 1. The molecule has 1 N–H and O–H groups in total. The Labute approximate surface area is 138 Å². The van der Waals surface area contributed by atoms with Crippen molar-refractivity contribution in [3.63, 3.8) is 0 Å². The minimum absolute atomic E-state index is 0.116. The molecule has 0 saturated heterocycles. The van der Waals surface area contributed by atoms with Crippen LogP contribution in [0, 0.1) is 27.7 Å². The molecule has 2 rings (SSSR count). The first-order valence-corrected chi connectivity index (χ1v) is 8.02. The SMILES string of the molecule is CC[C@H](Oc1cc(C)cc(C)c1)C(=O)Nc1ccc(C)c(C)c1. The number of ether oxygens (including phenoxy) is 1. The second-order valence-electron chi connectivity index (χ2n) is 6.13. The van der Waals surface area contributed by atoms with Crippen molar-refractivity contribution in [1.82, 2.24) is 0 Å². The van der Waals surface area contributed by atoms with E-state index in [1.54, 1.807) is 0 Å². The second kappa shape index (κ2) is 7.32. The molecule has 2 aromatic rings. The third-order valence-corrected chi connectivity index (χ3v) is 3.91. The van der Waals surface area contributed by atoms with Gasteiger partial charge in [-0.2, -0.15) is 0 Å². The van der Waals surface area contributed by atoms with Gasteiger partial charge >= 0.3 is 0 Å². The Hall–Kier alpha value is -2.29.